The Morgan fingerprint density at radius 3 is 3.17 bits per heavy atom. The molecule has 0 spiro atoms. The summed E-state index contributed by atoms with van der Waals surface area (Å²) in [6.45, 7) is 3.70. The van der Waals surface area contributed by atoms with E-state index in [2.05, 4.69) is 25.2 Å². The summed E-state index contributed by atoms with van der Waals surface area (Å²) in [6, 6.07) is 0.164. The van der Waals surface area contributed by atoms with Crippen LogP contribution in [0.4, 0.5) is 5.82 Å². The van der Waals surface area contributed by atoms with E-state index in [0.717, 1.165) is 41.8 Å². The Balaban J connectivity index is 1.48. The van der Waals surface area contributed by atoms with Crippen molar-refractivity contribution in [3.05, 3.63) is 29.7 Å². The number of amides is 1. The number of hydrogen-bond donors (Lipinski definition) is 1. The Morgan fingerprint density at radius 1 is 1.52 bits per heavy atom. The molecule has 1 amide bonds. The topological polar surface area (TPSA) is 71.0 Å². The molecular formula is C15H19N5OS2. The van der Waals surface area contributed by atoms with Crippen LogP contribution >= 0.6 is 23.1 Å². The predicted octanol–water partition coefficient (Wildman–Crippen LogP) is 2.12. The molecule has 0 saturated carbocycles. The van der Waals surface area contributed by atoms with Gasteiger partial charge in [0.15, 0.2) is 4.34 Å². The van der Waals surface area contributed by atoms with Crippen LogP contribution in [0.15, 0.2) is 28.3 Å². The van der Waals surface area contributed by atoms with E-state index in [1.807, 2.05) is 12.3 Å². The van der Waals surface area contributed by atoms with Crippen LogP contribution < -0.4 is 10.2 Å². The number of piperidine rings is 1. The van der Waals surface area contributed by atoms with Crippen LogP contribution in [0.1, 0.15) is 18.5 Å². The van der Waals surface area contributed by atoms with Gasteiger partial charge in [-0.25, -0.2) is 9.97 Å². The van der Waals surface area contributed by atoms with Gasteiger partial charge in [-0.15, -0.1) is 11.3 Å². The molecule has 1 N–H and O–H groups in total. The molecule has 2 aromatic heterocycles. The molecule has 1 atom stereocenters. The number of rotatable bonds is 5. The van der Waals surface area contributed by atoms with Crippen LogP contribution in [-0.2, 0) is 4.79 Å². The molecule has 2 aromatic rings. The van der Waals surface area contributed by atoms with Crippen molar-refractivity contribution in [1.82, 2.24) is 20.3 Å². The lowest BCUT2D eigenvalue weighted by Gasteiger charge is -2.33. The van der Waals surface area contributed by atoms with Crippen LogP contribution in [0.25, 0.3) is 0 Å². The fourth-order valence-corrected chi connectivity index (χ4v) is 4.21. The minimum atomic E-state index is 0.0637. The van der Waals surface area contributed by atoms with Crippen LogP contribution in [0.3, 0.4) is 0 Å². The van der Waals surface area contributed by atoms with Crippen molar-refractivity contribution in [2.75, 3.05) is 23.7 Å². The Kier molecular flexibility index (Phi) is 5.45. The van der Waals surface area contributed by atoms with Crippen LogP contribution in [0.2, 0.25) is 0 Å². The van der Waals surface area contributed by atoms with Crippen molar-refractivity contribution in [2.24, 2.45) is 0 Å². The molecule has 122 valence electrons. The maximum absolute atomic E-state index is 12.1. The third-order valence-corrected chi connectivity index (χ3v) is 5.72. The number of carbonyl (C=O) groups excluding carboxylic acids is 1. The highest BCUT2D eigenvalue weighted by atomic mass is 32.2. The summed E-state index contributed by atoms with van der Waals surface area (Å²) in [7, 11) is 0. The van der Waals surface area contributed by atoms with E-state index >= 15 is 0 Å². The summed E-state index contributed by atoms with van der Waals surface area (Å²) in [5.41, 5.74) is 1.00. The van der Waals surface area contributed by atoms with E-state index < -0.39 is 0 Å². The van der Waals surface area contributed by atoms with Gasteiger partial charge in [-0.3, -0.25) is 9.78 Å². The highest BCUT2D eigenvalue weighted by Crippen LogP contribution is 2.22. The number of thioether (sulfide) groups is 1. The number of hydrogen-bond acceptors (Lipinski definition) is 7. The molecule has 0 unspecified atom stereocenters. The molecule has 0 bridgehead atoms. The SMILES string of the molecule is Cc1csc(SCC(=O)N[C@H]2CCCN(c3cnccn3)C2)n1. The van der Waals surface area contributed by atoms with Crippen molar-refractivity contribution in [2.45, 2.75) is 30.1 Å². The van der Waals surface area contributed by atoms with E-state index in [1.165, 1.54) is 11.8 Å². The molecule has 1 fully saturated rings. The van der Waals surface area contributed by atoms with Crippen molar-refractivity contribution >= 4 is 34.8 Å². The first-order valence-corrected chi connectivity index (χ1v) is 9.42. The molecule has 0 radical (unpaired) electrons. The predicted molar refractivity (Wildman–Crippen MR) is 93.0 cm³/mol. The molecule has 1 saturated heterocycles. The number of anilines is 1. The zero-order chi connectivity index (χ0) is 16.1. The summed E-state index contributed by atoms with van der Waals surface area (Å²) in [5.74, 6) is 1.35. The largest absolute Gasteiger partial charge is 0.353 e. The van der Waals surface area contributed by atoms with Crippen molar-refractivity contribution in [3.8, 4) is 0 Å². The van der Waals surface area contributed by atoms with Gasteiger partial charge >= 0.3 is 0 Å². The van der Waals surface area contributed by atoms with E-state index in [1.54, 1.807) is 29.9 Å². The van der Waals surface area contributed by atoms with E-state index in [0.29, 0.717) is 5.75 Å². The highest BCUT2D eigenvalue weighted by Gasteiger charge is 2.22. The molecular weight excluding hydrogens is 330 g/mol. The minimum absolute atomic E-state index is 0.0637. The van der Waals surface area contributed by atoms with Gasteiger partial charge in [0.25, 0.3) is 0 Å². The first-order chi connectivity index (χ1) is 11.2. The third-order valence-electron chi connectivity index (χ3n) is 3.58. The van der Waals surface area contributed by atoms with Crippen molar-refractivity contribution < 1.29 is 4.79 Å². The molecule has 23 heavy (non-hydrogen) atoms. The monoisotopic (exact) mass is 349 g/mol. The third kappa shape index (κ3) is 4.65. The number of aromatic nitrogens is 3. The molecule has 6 nitrogen and oxygen atoms in total. The summed E-state index contributed by atoms with van der Waals surface area (Å²) in [6.07, 6.45) is 7.18. The van der Waals surface area contributed by atoms with Gasteiger partial charge in [0.05, 0.1) is 11.9 Å². The van der Waals surface area contributed by atoms with E-state index in [9.17, 15) is 4.79 Å². The smallest absolute Gasteiger partial charge is 0.230 e. The fraction of sp³-hybridized carbons (Fsp3) is 0.467. The van der Waals surface area contributed by atoms with E-state index in [4.69, 9.17) is 0 Å². The molecule has 1 aliphatic heterocycles. The maximum atomic E-state index is 12.1. The second-order valence-electron chi connectivity index (χ2n) is 5.46. The Morgan fingerprint density at radius 2 is 2.43 bits per heavy atom. The van der Waals surface area contributed by atoms with Gasteiger partial charge in [-0.1, -0.05) is 11.8 Å². The van der Waals surface area contributed by atoms with Gasteiger partial charge < -0.3 is 10.2 Å². The molecule has 0 aliphatic carbocycles. The summed E-state index contributed by atoms with van der Waals surface area (Å²) < 4.78 is 0.947. The number of nitrogens with zero attached hydrogens (tertiary/aromatic N) is 4. The summed E-state index contributed by atoms with van der Waals surface area (Å²) in [4.78, 5) is 27.1. The second kappa shape index (κ2) is 7.74. The van der Waals surface area contributed by atoms with Crippen LogP contribution in [0, 0.1) is 6.92 Å². The van der Waals surface area contributed by atoms with Crippen molar-refractivity contribution in [3.63, 3.8) is 0 Å². The molecule has 1 aliphatic rings. The molecule has 0 aromatic carbocycles. The Hall–Kier alpha value is -1.67. The minimum Gasteiger partial charge on any atom is -0.353 e. The Bertz CT molecular complexity index is 648. The lowest BCUT2D eigenvalue weighted by molar-refractivity contribution is -0.119. The van der Waals surface area contributed by atoms with Crippen molar-refractivity contribution in [1.29, 1.82) is 0 Å². The number of carbonyl (C=O) groups is 1. The normalized spacial score (nSPS) is 18.0. The standard InChI is InChI=1S/C15H19N5OS2/c1-11-9-22-15(18-11)23-10-14(21)19-12-3-2-6-20(8-12)13-7-16-4-5-17-13/h4-5,7,9,12H,2-3,6,8,10H2,1H3,(H,19,21)/t12-/m0/s1. The number of thiazole rings is 1. The Labute approximate surface area is 143 Å². The fourth-order valence-electron chi connectivity index (χ4n) is 2.55. The number of nitrogens with one attached hydrogen (secondary N) is 1. The molecule has 3 heterocycles. The van der Waals surface area contributed by atoms with Gasteiger partial charge in [-0.2, -0.15) is 0 Å². The summed E-state index contributed by atoms with van der Waals surface area (Å²) >= 11 is 3.08. The lowest BCUT2D eigenvalue weighted by Crippen LogP contribution is -2.48. The van der Waals surface area contributed by atoms with Gasteiger partial charge in [0.1, 0.15) is 5.82 Å². The van der Waals surface area contributed by atoms with Gasteiger partial charge in [-0.05, 0) is 19.8 Å². The zero-order valence-electron chi connectivity index (χ0n) is 12.9. The highest BCUT2D eigenvalue weighted by molar-refractivity contribution is 8.01. The first-order valence-electron chi connectivity index (χ1n) is 7.56. The zero-order valence-corrected chi connectivity index (χ0v) is 14.6. The van der Waals surface area contributed by atoms with Gasteiger partial charge in [0.2, 0.25) is 5.91 Å². The maximum Gasteiger partial charge on any atom is 0.230 e. The molecule has 8 heteroatoms. The number of aryl methyl sites for hydroxylation is 1. The summed E-state index contributed by atoms with van der Waals surface area (Å²) in [5, 5.41) is 5.12. The quantitative estimate of drug-likeness (QED) is 0.834. The molecule has 3 rings (SSSR count). The first kappa shape index (κ1) is 16.2. The lowest BCUT2D eigenvalue weighted by atomic mass is 10.1. The van der Waals surface area contributed by atoms with Crippen LogP contribution in [0.5, 0.6) is 0 Å². The van der Waals surface area contributed by atoms with Gasteiger partial charge in [0, 0.05) is 42.6 Å². The van der Waals surface area contributed by atoms with E-state index in [-0.39, 0.29) is 11.9 Å². The average Bonchev–Trinajstić information content (AvgIpc) is 3.00. The van der Waals surface area contributed by atoms with Crippen LogP contribution in [-0.4, -0.2) is 45.7 Å². The second-order valence-corrected chi connectivity index (χ2v) is 7.54. The average molecular weight is 349 g/mol.